The number of rotatable bonds is 6. The number of thiophene rings is 1. The van der Waals surface area contributed by atoms with Crippen LogP contribution in [-0.4, -0.2) is 46.5 Å². The van der Waals surface area contributed by atoms with Crippen LogP contribution in [0.25, 0.3) is 0 Å². The Morgan fingerprint density at radius 3 is 2.55 bits per heavy atom. The Kier molecular flexibility index (Phi) is 6.29. The minimum Gasteiger partial charge on any atom is -0.480 e. The van der Waals surface area contributed by atoms with Crippen molar-refractivity contribution in [3.63, 3.8) is 0 Å². The summed E-state index contributed by atoms with van der Waals surface area (Å²) in [6.45, 7) is 3.90. The zero-order valence-electron chi connectivity index (χ0n) is 11.8. The molecule has 1 aromatic heterocycles. The zero-order valence-corrected chi connectivity index (χ0v) is 13.4. The SMILES string of the molecule is CCC(C)N(CC(=O)O)C(=O)N(C)Cc1ccc(Cl)s1. The van der Waals surface area contributed by atoms with Crippen LogP contribution in [0.2, 0.25) is 4.34 Å². The highest BCUT2D eigenvalue weighted by molar-refractivity contribution is 7.16. The molecule has 1 rings (SSSR count). The van der Waals surface area contributed by atoms with Crippen molar-refractivity contribution in [2.45, 2.75) is 32.9 Å². The lowest BCUT2D eigenvalue weighted by Gasteiger charge is -2.31. The van der Waals surface area contributed by atoms with Crippen molar-refractivity contribution in [1.29, 1.82) is 0 Å². The third kappa shape index (κ3) is 4.68. The number of carboxylic acid groups (broad SMARTS) is 1. The minimum atomic E-state index is -1.01. The van der Waals surface area contributed by atoms with Gasteiger partial charge in [0.25, 0.3) is 0 Å². The highest BCUT2D eigenvalue weighted by Crippen LogP contribution is 2.22. The predicted octanol–water partition coefficient (Wildman–Crippen LogP) is 3.14. The second-order valence-corrected chi connectivity index (χ2v) is 6.42. The van der Waals surface area contributed by atoms with Crippen LogP contribution >= 0.6 is 22.9 Å². The van der Waals surface area contributed by atoms with Crippen molar-refractivity contribution < 1.29 is 14.7 Å². The lowest BCUT2D eigenvalue weighted by atomic mass is 10.2. The Bertz CT molecular complexity index is 478. The molecule has 0 aliphatic carbocycles. The van der Waals surface area contributed by atoms with Crippen molar-refractivity contribution in [3.05, 3.63) is 21.3 Å². The molecule has 20 heavy (non-hydrogen) atoms. The smallest absolute Gasteiger partial charge is 0.323 e. The maximum absolute atomic E-state index is 12.4. The highest BCUT2D eigenvalue weighted by atomic mass is 35.5. The molecule has 0 radical (unpaired) electrons. The van der Waals surface area contributed by atoms with Gasteiger partial charge in [-0.25, -0.2) is 4.79 Å². The topological polar surface area (TPSA) is 60.9 Å². The van der Waals surface area contributed by atoms with Gasteiger partial charge >= 0.3 is 12.0 Å². The number of amides is 2. The molecule has 1 unspecified atom stereocenters. The molecule has 1 heterocycles. The number of aliphatic carboxylic acids is 1. The number of carbonyl (C=O) groups excluding carboxylic acids is 1. The number of urea groups is 1. The van der Waals surface area contributed by atoms with Gasteiger partial charge in [0, 0.05) is 18.0 Å². The summed E-state index contributed by atoms with van der Waals surface area (Å²) >= 11 is 7.26. The average molecular weight is 319 g/mol. The van der Waals surface area contributed by atoms with Gasteiger partial charge < -0.3 is 14.9 Å². The van der Waals surface area contributed by atoms with Gasteiger partial charge in [0.05, 0.1) is 10.9 Å². The standard InChI is InChI=1S/C13H19ClN2O3S/c1-4-9(2)16(8-12(17)18)13(19)15(3)7-10-5-6-11(14)20-10/h5-6,9H,4,7-8H2,1-3H3,(H,17,18). The Morgan fingerprint density at radius 1 is 1.45 bits per heavy atom. The molecule has 2 amide bonds. The van der Waals surface area contributed by atoms with Crippen LogP contribution in [0.4, 0.5) is 4.79 Å². The number of nitrogens with zero attached hydrogens (tertiary/aromatic N) is 2. The molecule has 0 saturated carbocycles. The van der Waals surface area contributed by atoms with Gasteiger partial charge in [0.1, 0.15) is 6.54 Å². The third-order valence-corrected chi connectivity index (χ3v) is 4.24. The minimum absolute atomic E-state index is 0.118. The van der Waals surface area contributed by atoms with Crippen molar-refractivity contribution >= 4 is 34.9 Å². The van der Waals surface area contributed by atoms with Gasteiger partial charge in [-0.2, -0.15) is 0 Å². The molecule has 0 saturated heterocycles. The van der Waals surface area contributed by atoms with Crippen molar-refractivity contribution in [1.82, 2.24) is 9.80 Å². The molecule has 5 nitrogen and oxygen atoms in total. The first-order valence-electron chi connectivity index (χ1n) is 6.32. The van der Waals surface area contributed by atoms with Crippen LogP contribution < -0.4 is 0 Å². The molecule has 7 heteroatoms. The summed E-state index contributed by atoms with van der Waals surface area (Å²) in [6.07, 6.45) is 0.706. The Morgan fingerprint density at radius 2 is 2.10 bits per heavy atom. The van der Waals surface area contributed by atoms with E-state index in [1.807, 2.05) is 19.9 Å². The first-order chi connectivity index (χ1) is 9.35. The average Bonchev–Trinajstić information content (AvgIpc) is 2.79. The molecule has 0 aliphatic heterocycles. The third-order valence-electron chi connectivity index (χ3n) is 3.02. The molecule has 1 atom stereocenters. The Balaban J connectivity index is 2.74. The molecular formula is C13H19ClN2O3S. The quantitative estimate of drug-likeness (QED) is 0.876. The first-order valence-corrected chi connectivity index (χ1v) is 7.52. The van der Waals surface area contributed by atoms with E-state index in [1.165, 1.54) is 21.1 Å². The van der Waals surface area contributed by atoms with Crippen molar-refractivity contribution in [2.24, 2.45) is 0 Å². The fourth-order valence-electron chi connectivity index (χ4n) is 1.74. The largest absolute Gasteiger partial charge is 0.480 e. The van der Waals surface area contributed by atoms with Crippen LogP contribution in [-0.2, 0) is 11.3 Å². The van der Waals surface area contributed by atoms with Gasteiger partial charge in [-0.15, -0.1) is 11.3 Å². The van der Waals surface area contributed by atoms with E-state index in [0.717, 1.165) is 4.88 Å². The van der Waals surface area contributed by atoms with Gasteiger partial charge in [-0.3, -0.25) is 4.79 Å². The zero-order chi connectivity index (χ0) is 15.3. The molecule has 0 spiro atoms. The molecule has 112 valence electrons. The molecule has 0 fully saturated rings. The molecule has 1 aromatic rings. The van der Waals surface area contributed by atoms with Crippen LogP contribution in [0.5, 0.6) is 0 Å². The molecule has 1 N–H and O–H groups in total. The summed E-state index contributed by atoms with van der Waals surface area (Å²) in [5, 5.41) is 8.92. The highest BCUT2D eigenvalue weighted by Gasteiger charge is 2.24. The maximum atomic E-state index is 12.4. The van der Waals surface area contributed by atoms with E-state index in [9.17, 15) is 9.59 Å². The molecular weight excluding hydrogens is 300 g/mol. The van der Waals surface area contributed by atoms with Crippen LogP contribution in [0.1, 0.15) is 25.1 Å². The summed E-state index contributed by atoms with van der Waals surface area (Å²) in [5.41, 5.74) is 0. The molecule has 0 aromatic carbocycles. The van der Waals surface area contributed by atoms with E-state index in [-0.39, 0.29) is 18.6 Å². The monoisotopic (exact) mass is 318 g/mol. The Hall–Kier alpha value is -1.27. The van der Waals surface area contributed by atoms with Crippen molar-refractivity contribution in [2.75, 3.05) is 13.6 Å². The summed E-state index contributed by atoms with van der Waals surface area (Å²) in [4.78, 5) is 27.1. The maximum Gasteiger partial charge on any atom is 0.323 e. The van der Waals surface area contributed by atoms with E-state index in [4.69, 9.17) is 16.7 Å². The lowest BCUT2D eigenvalue weighted by Crippen LogP contribution is -2.47. The summed E-state index contributed by atoms with van der Waals surface area (Å²) < 4.78 is 0.671. The first kappa shape index (κ1) is 16.8. The van der Waals surface area contributed by atoms with Gasteiger partial charge in [-0.1, -0.05) is 18.5 Å². The number of carbonyl (C=O) groups is 2. The lowest BCUT2D eigenvalue weighted by molar-refractivity contribution is -0.138. The number of hydrogen-bond donors (Lipinski definition) is 1. The van der Waals surface area contributed by atoms with E-state index in [2.05, 4.69) is 0 Å². The van der Waals surface area contributed by atoms with Crippen molar-refractivity contribution in [3.8, 4) is 0 Å². The summed E-state index contributed by atoms with van der Waals surface area (Å²) in [5.74, 6) is -1.01. The van der Waals surface area contributed by atoms with E-state index < -0.39 is 5.97 Å². The van der Waals surface area contributed by atoms with Gasteiger partial charge in [-0.05, 0) is 25.5 Å². The summed E-state index contributed by atoms with van der Waals surface area (Å²) in [6, 6.07) is 3.24. The van der Waals surface area contributed by atoms with E-state index >= 15 is 0 Å². The summed E-state index contributed by atoms with van der Waals surface area (Å²) in [7, 11) is 1.66. The fourth-order valence-corrected chi connectivity index (χ4v) is 2.88. The van der Waals surface area contributed by atoms with E-state index in [1.54, 1.807) is 13.1 Å². The molecule has 0 aliphatic rings. The van der Waals surface area contributed by atoms with Crippen LogP contribution in [0.3, 0.4) is 0 Å². The second kappa shape index (κ2) is 7.50. The van der Waals surface area contributed by atoms with Crippen LogP contribution in [0, 0.1) is 0 Å². The molecule has 0 bridgehead atoms. The second-order valence-electron chi connectivity index (χ2n) is 4.62. The number of carboxylic acids is 1. The van der Waals surface area contributed by atoms with Gasteiger partial charge in [0.15, 0.2) is 0 Å². The fraction of sp³-hybridized carbons (Fsp3) is 0.538. The van der Waals surface area contributed by atoms with Gasteiger partial charge in [0.2, 0.25) is 0 Å². The number of halogens is 1. The predicted molar refractivity (Wildman–Crippen MR) is 80.3 cm³/mol. The number of hydrogen-bond acceptors (Lipinski definition) is 3. The van der Waals surface area contributed by atoms with Crippen LogP contribution in [0.15, 0.2) is 12.1 Å². The van der Waals surface area contributed by atoms with E-state index in [0.29, 0.717) is 17.3 Å². The normalized spacial score (nSPS) is 12.0. The Labute approximate surface area is 127 Å².